The zero-order valence-electron chi connectivity index (χ0n) is 19.1. The number of nitrogens with zero attached hydrogens (tertiary/aromatic N) is 2. The Balaban J connectivity index is 1.39. The summed E-state index contributed by atoms with van der Waals surface area (Å²) in [5.74, 6) is 0. The molecule has 0 unspecified atom stereocenters. The van der Waals surface area contributed by atoms with E-state index in [-0.39, 0.29) is 6.04 Å². The first-order valence-corrected chi connectivity index (χ1v) is 11.8. The molecular weight excluding hydrogens is 399 g/mol. The van der Waals surface area contributed by atoms with Crippen molar-refractivity contribution in [3.8, 4) is 0 Å². The Morgan fingerprint density at radius 1 is 1.19 bits per heavy atom. The molecule has 0 spiro atoms. The standard InChI is InChI=1S/C27H33FN4/c1-4-19(3)32-14-13-24-23-7-5-6-8-25(23)30-26(24)27(32)20-9-11-21(12-10-20)29-22-16-31(17-22)15-18(2)28/h5-12,18,22,27,29-30H,3-4,13-17H2,1-2H3/t18-,27-/m1/s1. The number of benzene rings is 2. The van der Waals surface area contributed by atoms with Crippen molar-refractivity contribution in [2.45, 2.75) is 44.9 Å². The number of hydrogen-bond acceptors (Lipinski definition) is 3. The van der Waals surface area contributed by atoms with Crippen LogP contribution in [0.1, 0.15) is 43.1 Å². The topological polar surface area (TPSA) is 34.3 Å². The fourth-order valence-electron chi connectivity index (χ4n) is 5.29. The molecule has 0 bridgehead atoms. The fraction of sp³-hybridized carbons (Fsp3) is 0.407. The molecule has 32 heavy (non-hydrogen) atoms. The Morgan fingerprint density at radius 2 is 1.94 bits per heavy atom. The summed E-state index contributed by atoms with van der Waals surface area (Å²) in [5.41, 5.74) is 7.52. The Morgan fingerprint density at radius 3 is 2.66 bits per heavy atom. The average Bonchev–Trinajstić information content (AvgIpc) is 3.15. The van der Waals surface area contributed by atoms with Crippen molar-refractivity contribution in [1.29, 1.82) is 0 Å². The second-order valence-electron chi connectivity index (χ2n) is 9.29. The molecule has 4 nitrogen and oxygen atoms in total. The molecule has 2 N–H and O–H groups in total. The largest absolute Gasteiger partial charge is 0.380 e. The van der Waals surface area contributed by atoms with Crippen LogP contribution >= 0.6 is 0 Å². The van der Waals surface area contributed by atoms with Crippen molar-refractivity contribution < 1.29 is 4.39 Å². The number of allylic oxidation sites excluding steroid dienone is 1. The van der Waals surface area contributed by atoms with Crippen molar-refractivity contribution in [1.82, 2.24) is 14.8 Å². The number of para-hydroxylation sites is 1. The van der Waals surface area contributed by atoms with E-state index in [1.807, 2.05) is 0 Å². The van der Waals surface area contributed by atoms with E-state index in [4.69, 9.17) is 0 Å². The van der Waals surface area contributed by atoms with Crippen molar-refractivity contribution >= 4 is 16.6 Å². The SMILES string of the molecule is C=C(CC)N1CCc2c([nH]c3ccccc23)[C@H]1c1ccc(NC2CN(C[C@@H](C)F)C2)cc1. The molecule has 5 heteroatoms. The van der Waals surface area contributed by atoms with Crippen molar-refractivity contribution in [3.05, 3.63) is 77.6 Å². The van der Waals surface area contributed by atoms with Crippen LogP contribution in [0.2, 0.25) is 0 Å². The first kappa shape index (κ1) is 21.1. The smallest absolute Gasteiger partial charge is 0.110 e. The summed E-state index contributed by atoms with van der Waals surface area (Å²) in [6.45, 7) is 11.5. The number of likely N-dealkylation sites (tertiary alicyclic amines) is 1. The molecule has 5 rings (SSSR count). The Hall–Kier alpha value is -2.79. The second-order valence-corrected chi connectivity index (χ2v) is 9.29. The zero-order valence-corrected chi connectivity index (χ0v) is 19.1. The second kappa shape index (κ2) is 8.62. The highest BCUT2D eigenvalue weighted by Gasteiger charge is 2.32. The molecule has 0 amide bonds. The highest BCUT2D eigenvalue weighted by molar-refractivity contribution is 5.85. The molecule has 1 aromatic heterocycles. The van der Waals surface area contributed by atoms with E-state index >= 15 is 0 Å². The van der Waals surface area contributed by atoms with Crippen LogP contribution in [0.15, 0.2) is 60.8 Å². The minimum atomic E-state index is -0.763. The van der Waals surface area contributed by atoms with Gasteiger partial charge in [-0.05, 0) is 49.1 Å². The molecule has 1 saturated heterocycles. The van der Waals surface area contributed by atoms with E-state index in [0.29, 0.717) is 12.6 Å². The lowest BCUT2D eigenvalue weighted by Gasteiger charge is -2.40. The third kappa shape index (κ3) is 3.90. The van der Waals surface area contributed by atoms with Crippen LogP contribution in [0.25, 0.3) is 10.9 Å². The maximum absolute atomic E-state index is 13.2. The number of anilines is 1. The predicted octanol–water partition coefficient (Wildman–Crippen LogP) is 5.49. The molecule has 2 atom stereocenters. The summed E-state index contributed by atoms with van der Waals surface area (Å²) in [7, 11) is 0. The summed E-state index contributed by atoms with van der Waals surface area (Å²) in [5, 5.41) is 4.93. The highest BCUT2D eigenvalue weighted by atomic mass is 19.1. The summed E-state index contributed by atoms with van der Waals surface area (Å²) in [6, 6.07) is 18.0. The van der Waals surface area contributed by atoms with E-state index in [1.165, 1.54) is 33.4 Å². The number of hydrogen-bond donors (Lipinski definition) is 2. The Bertz CT molecular complexity index is 1090. The summed E-state index contributed by atoms with van der Waals surface area (Å²) < 4.78 is 13.2. The molecule has 168 valence electrons. The van der Waals surface area contributed by atoms with Crippen LogP contribution in [0.3, 0.4) is 0 Å². The average molecular weight is 433 g/mol. The van der Waals surface area contributed by atoms with Gasteiger partial charge in [0, 0.05) is 54.2 Å². The van der Waals surface area contributed by atoms with Gasteiger partial charge in [-0.15, -0.1) is 0 Å². The Kier molecular flexibility index (Phi) is 5.68. The summed E-state index contributed by atoms with van der Waals surface area (Å²) in [6.07, 6.45) is 1.21. The third-order valence-electron chi connectivity index (χ3n) is 6.91. The molecule has 3 aromatic rings. The molecule has 2 aromatic carbocycles. The highest BCUT2D eigenvalue weighted by Crippen LogP contribution is 2.40. The van der Waals surface area contributed by atoms with Gasteiger partial charge in [-0.25, -0.2) is 4.39 Å². The summed E-state index contributed by atoms with van der Waals surface area (Å²) in [4.78, 5) is 8.34. The number of aromatic amines is 1. The first-order chi connectivity index (χ1) is 15.5. The van der Waals surface area contributed by atoms with E-state index in [0.717, 1.165) is 38.2 Å². The van der Waals surface area contributed by atoms with Gasteiger partial charge in [0.25, 0.3) is 0 Å². The number of H-pyrrole nitrogens is 1. The molecule has 2 aliphatic heterocycles. The molecule has 0 aliphatic carbocycles. The molecule has 0 saturated carbocycles. The first-order valence-electron chi connectivity index (χ1n) is 11.8. The number of fused-ring (bicyclic) bond motifs is 3. The molecule has 1 fully saturated rings. The molecule has 3 heterocycles. The lowest BCUT2D eigenvalue weighted by atomic mass is 9.91. The lowest BCUT2D eigenvalue weighted by molar-refractivity contribution is 0.123. The van der Waals surface area contributed by atoms with Gasteiger partial charge in [0.05, 0.1) is 12.1 Å². The minimum absolute atomic E-state index is 0.151. The van der Waals surface area contributed by atoms with E-state index in [9.17, 15) is 4.39 Å². The maximum atomic E-state index is 13.2. The number of halogens is 1. The maximum Gasteiger partial charge on any atom is 0.110 e. The van der Waals surface area contributed by atoms with Crippen LogP contribution < -0.4 is 5.32 Å². The van der Waals surface area contributed by atoms with Crippen LogP contribution in [0.4, 0.5) is 10.1 Å². The minimum Gasteiger partial charge on any atom is -0.380 e. The predicted molar refractivity (Wildman–Crippen MR) is 131 cm³/mol. The van der Waals surface area contributed by atoms with Crippen LogP contribution in [0.5, 0.6) is 0 Å². The van der Waals surface area contributed by atoms with Crippen molar-refractivity contribution in [2.24, 2.45) is 0 Å². The van der Waals surface area contributed by atoms with Gasteiger partial charge >= 0.3 is 0 Å². The van der Waals surface area contributed by atoms with E-state index in [1.54, 1.807) is 6.92 Å². The van der Waals surface area contributed by atoms with E-state index < -0.39 is 6.17 Å². The molecule has 2 aliphatic rings. The zero-order chi connectivity index (χ0) is 22.2. The van der Waals surface area contributed by atoms with Gasteiger partial charge in [0.2, 0.25) is 0 Å². The number of aromatic nitrogens is 1. The monoisotopic (exact) mass is 432 g/mol. The molecular formula is C27H33FN4. The number of alkyl halides is 1. The van der Waals surface area contributed by atoms with Crippen molar-refractivity contribution in [2.75, 3.05) is 31.5 Å². The van der Waals surface area contributed by atoms with Gasteiger partial charge in [-0.2, -0.15) is 0 Å². The van der Waals surface area contributed by atoms with Crippen LogP contribution in [-0.2, 0) is 6.42 Å². The van der Waals surface area contributed by atoms with Crippen LogP contribution in [0, 0.1) is 0 Å². The van der Waals surface area contributed by atoms with Gasteiger partial charge in [-0.1, -0.05) is 43.8 Å². The fourth-order valence-corrected chi connectivity index (χ4v) is 5.29. The van der Waals surface area contributed by atoms with Gasteiger partial charge in [0.1, 0.15) is 6.17 Å². The van der Waals surface area contributed by atoms with Crippen LogP contribution in [-0.4, -0.2) is 53.2 Å². The number of nitrogens with one attached hydrogen (secondary N) is 2. The van der Waals surface area contributed by atoms with E-state index in [2.05, 4.69) is 82.1 Å². The van der Waals surface area contributed by atoms with Gasteiger partial charge in [0.15, 0.2) is 0 Å². The summed E-state index contributed by atoms with van der Waals surface area (Å²) >= 11 is 0. The van der Waals surface area contributed by atoms with Gasteiger partial charge in [-0.3, -0.25) is 4.90 Å². The van der Waals surface area contributed by atoms with Crippen molar-refractivity contribution in [3.63, 3.8) is 0 Å². The lowest BCUT2D eigenvalue weighted by Crippen LogP contribution is -2.55. The Labute approximate surface area is 190 Å². The third-order valence-corrected chi connectivity index (χ3v) is 6.91. The molecule has 0 radical (unpaired) electrons. The van der Waals surface area contributed by atoms with Gasteiger partial charge < -0.3 is 15.2 Å². The number of rotatable bonds is 7. The quantitative estimate of drug-likeness (QED) is 0.518. The normalized spacial score (nSPS) is 20.1.